The Bertz CT molecular complexity index is 1080. The Morgan fingerprint density at radius 2 is 1.78 bits per heavy atom. The fraction of sp³-hybridized carbons (Fsp3) is 0.368. The molecule has 2 aromatic carbocycles. The predicted molar refractivity (Wildman–Crippen MR) is 108 cm³/mol. The van der Waals surface area contributed by atoms with Crippen molar-refractivity contribution in [1.82, 2.24) is 0 Å². The van der Waals surface area contributed by atoms with Crippen molar-refractivity contribution in [1.29, 1.82) is 0 Å². The van der Waals surface area contributed by atoms with Crippen LogP contribution >= 0.6 is 0 Å². The van der Waals surface area contributed by atoms with Crippen LogP contribution in [0.3, 0.4) is 0 Å². The van der Waals surface area contributed by atoms with E-state index in [2.05, 4.69) is 4.72 Å². The molecule has 0 spiro atoms. The van der Waals surface area contributed by atoms with E-state index in [0.717, 1.165) is 29.7 Å². The van der Waals surface area contributed by atoms with Gasteiger partial charge in [-0.15, -0.1) is 0 Å². The number of hydrogen-bond acceptors (Lipinski definition) is 4. The van der Waals surface area contributed by atoms with Crippen molar-refractivity contribution in [3.63, 3.8) is 0 Å². The summed E-state index contributed by atoms with van der Waals surface area (Å²) in [6.45, 7) is 5.60. The van der Waals surface area contributed by atoms with Crippen molar-refractivity contribution >= 4 is 31.4 Å². The van der Waals surface area contributed by atoms with Crippen LogP contribution in [0.4, 0.5) is 11.4 Å². The van der Waals surface area contributed by atoms with Gasteiger partial charge in [0.15, 0.2) is 0 Å². The summed E-state index contributed by atoms with van der Waals surface area (Å²) < 4.78 is 54.0. The number of sulfonamides is 2. The van der Waals surface area contributed by atoms with Crippen LogP contribution in [0.15, 0.2) is 41.3 Å². The summed E-state index contributed by atoms with van der Waals surface area (Å²) >= 11 is 0. The Morgan fingerprint density at radius 3 is 2.44 bits per heavy atom. The SMILES string of the molecule is CCS(=O)(=O)Nc1ccc(S(=O)(=O)N2CCCc3ccc(C)cc32)c(C)c1. The minimum absolute atomic E-state index is 0.0456. The lowest BCUT2D eigenvalue weighted by Gasteiger charge is -2.31. The van der Waals surface area contributed by atoms with E-state index >= 15 is 0 Å². The van der Waals surface area contributed by atoms with Gasteiger partial charge in [0.2, 0.25) is 10.0 Å². The first-order chi connectivity index (χ1) is 12.6. The smallest absolute Gasteiger partial charge is 0.264 e. The minimum Gasteiger partial charge on any atom is -0.284 e. The van der Waals surface area contributed by atoms with Crippen molar-refractivity contribution in [3.05, 3.63) is 53.1 Å². The summed E-state index contributed by atoms with van der Waals surface area (Å²) in [5.41, 5.74) is 3.64. The Labute approximate surface area is 161 Å². The van der Waals surface area contributed by atoms with Crippen LogP contribution in [0.5, 0.6) is 0 Å². The third-order valence-corrected chi connectivity index (χ3v) is 7.99. The fourth-order valence-electron chi connectivity index (χ4n) is 3.27. The summed E-state index contributed by atoms with van der Waals surface area (Å²) in [5.74, 6) is -0.0456. The van der Waals surface area contributed by atoms with Gasteiger partial charge in [-0.25, -0.2) is 16.8 Å². The number of benzene rings is 2. The molecule has 0 saturated carbocycles. The van der Waals surface area contributed by atoms with Crippen LogP contribution in [0, 0.1) is 13.8 Å². The van der Waals surface area contributed by atoms with E-state index in [-0.39, 0.29) is 10.6 Å². The zero-order chi connectivity index (χ0) is 19.8. The Balaban J connectivity index is 2.01. The molecule has 8 heteroatoms. The first-order valence-corrected chi connectivity index (χ1v) is 12.0. The topological polar surface area (TPSA) is 83.5 Å². The highest BCUT2D eigenvalue weighted by molar-refractivity contribution is 7.93. The molecule has 0 saturated heterocycles. The largest absolute Gasteiger partial charge is 0.284 e. The van der Waals surface area contributed by atoms with E-state index in [0.29, 0.717) is 17.8 Å². The molecule has 0 fully saturated rings. The van der Waals surface area contributed by atoms with Crippen molar-refractivity contribution in [2.45, 2.75) is 38.5 Å². The highest BCUT2D eigenvalue weighted by atomic mass is 32.2. The molecule has 0 amide bonds. The molecule has 2 aromatic rings. The van der Waals surface area contributed by atoms with Crippen molar-refractivity contribution in [2.24, 2.45) is 0 Å². The molecule has 0 radical (unpaired) electrons. The second-order valence-electron chi connectivity index (χ2n) is 6.80. The van der Waals surface area contributed by atoms with Crippen molar-refractivity contribution < 1.29 is 16.8 Å². The number of hydrogen-bond donors (Lipinski definition) is 1. The maximum Gasteiger partial charge on any atom is 0.264 e. The Kier molecular flexibility index (Phi) is 5.22. The van der Waals surface area contributed by atoms with Gasteiger partial charge in [-0.1, -0.05) is 12.1 Å². The molecule has 0 atom stereocenters. The van der Waals surface area contributed by atoms with Gasteiger partial charge in [-0.2, -0.15) is 0 Å². The van der Waals surface area contributed by atoms with Crippen molar-refractivity contribution in [2.75, 3.05) is 21.3 Å². The van der Waals surface area contributed by atoms with Crippen LogP contribution < -0.4 is 9.03 Å². The van der Waals surface area contributed by atoms with Crippen LogP contribution in [-0.2, 0) is 26.5 Å². The van der Waals surface area contributed by atoms with E-state index in [1.165, 1.54) is 16.4 Å². The van der Waals surface area contributed by atoms with Crippen LogP contribution in [0.25, 0.3) is 0 Å². The number of rotatable bonds is 5. The molecular formula is C19H24N2O4S2. The summed E-state index contributed by atoms with van der Waals surface area (Å²) in [6, 6.07) is 10.4. The quantitative estimate of drug-likeness (QED) is 0.823. The van der Waals surface area contributed by atoms with Gasteiger partial charge in [0.1, 0.15) is 0 Å². The predicted octanol–water partition coefficient (Wildman–Crippen LogP) is 3.21. The maximum absolute atomic E-state index is 13.3. The van der Waals surface area contributed by atoms with E-state index in [1.807, 2.05) is 25.1 Å². The second-order valence-corrected chi connectivity index (χ2v) is 10.6. The Morgan fingerprint density at radius 1 is 1.04 bits per heavy atom. The molecule has 1 aliphatic heterocycles. The van der Waals surface area contributed by atoms with E-state index in [4.69, 9.17) is 0 Å². The number of fused-ring (bicyclic) bond motifs is 1. The standard InChI is InChI=1S/C19H24N2O4S2/c1-4-26(22,23)20-17-9-10-19(15(3)13-17)27(24,25)21-11-5-6-16-8-7-14(2)12-18(16)21/h7-10,12-13,20H,4-6,11H2,1-3H3. The summed E-state index contributed by atoms with van der Waals surface area (Å²) in [5, 5.41) is 0. The maximum atomic E-state index is 13.3. The zero-order valence-corrected chi connectivity index (χ0v) is 17.3. The first-order valence-electron chi connectivity index (χ1n) is 8.87. The van der Waals surface area contributed by atoms with Crippen molar-refractivity contribution in [3.8, 4) is 0 Å². The lowest BCUT2D eigenvalue weighted by molar-refractivity contribution is 0.586. The highest BCUT2D eigenvalue weighted by Crippen LogP contribution is 2.34. The molecule has 6 nitrogen and oxygen atoms in total. The number of anilines is 2. The third-order valence-electron chi connectivity index (χ3n) is 4.71. The highest BCUT2D eigenvalue weighted by Gasteiger charge is 2.30. The normalized spacial score (nSPS) is 14.7. The summed E-state index contributed by atoms with van der Waals surface area (Å²) in [6.07, 6.45) is 1.63. The lowest BCUT2D eigenvalue weighted by atomic mass is 10.0. The fourth-order valence-corrected chi connectivity index (χ4v) is 5.65. The molecule has 0 aromatic heterocycles. The van der Waals surface area contributed by atoms with Gasteiger partial charge in [-0.3, -0.25) is 9.03 Å². The lowest BCUT2D eigenvalue weighted by Crippen LogP contribution is -2.36. The molecular weight excluding hydrogens is 384 g/mol. The molecule has 27 heavy (non-hydrogen) atoms. The van der Waals surface area contributed by atoms with Crippen LogP contribution in [0.1, 0.15) is 30.0 Å². The molecule has 0 bridgehead atoms. The van der Waals surface area contributed by atoms with Gasteiger partial charge in [0.05, 0.1) is 16.3 Å². The summed E-state index contributed by atoms with van der Waals surface area (Å²) in [7, 11) is -7.15. The molecule has 1 N–H and O–H groups in total. The molecule has 1 aliphatic rings. The zero-order valence-electron chi connectivity index (χ0n) is 15.7. The van der Waals surface area contributed by atoms with Crippen LogP contribution in [0.2, 0.25) is 0 Å². The average Bonchev–Trinajstić information content (AvgIpc) is 2.60. The van der Waals surface area contributed by atoms with E-state index < -0.39 is 20.0 Å². The molecule has 0 unspecified atom stereocenters. The number of nitrogens with one attached hydrogen (secondary N) is 1. The average molecular weight is 409 g/mol. The summed E-state index contributed by atoms with van der Waals surface area (Å²) in [4.78, 5) is 0.191. The van der Waals surface area contributed by atoms with Gasteiger partial charge >= 0.3 is 0 Å². The van der Waals surface area contributed by atoms with Crippen LogP contribution in [-0.4, -0.2) is 29.1 Å². The number of aryl methyl sites for hydroxylation is 3. The monoisotopic (exact) mass is 408 g/mol. The first kappa shape index (κ1) is 19.7. The number of nitrogens with zero attached hydrogens (tertiary/aromatic N) is 1. The van der Waals surface area contributed by atoms with Gasteiger partial charge in [0, 0.05) is 12.2 Å². The Hall–Kier alpha value is -2.06. The molecule has 3 rings (SSSR count). The second kappa shape index (κ2) is 7.16. The van der Waals surface area contributed by atoms with E-state index in [9.17, 15) is 16.8 Å². The van der Waals surface area contributed by atoms with Gasteiger partial charge in [-0.05, 0) is 74.6 Å². The molecule has 146 valence electrons. The molecule has 0 aliphatic carbocycles. The minimum atomic E-state index is -3.73. The van der Waals surface area contributed by atoms with Gasteiger partial charge in [0.25, 0.3) is 10.0 Å². The van der Waals surface area contributed by atoms with Gasteiger partial charge < -0.3 is 0 Å². The molecule has 1 heterocycles. The third kappa shape index (κ3) is 3.96. The van der Waals surface area contributed by atoms with E-state index in [1.54, 1.807) is 19.9 Å².